The first kappa shape index (κ1) is 16.2. The molecule has 3 fully saturated rings. The van der Waals surface area contributed by atoms with Gasteiger partial charge >= 0.3 is 6.01 Å². The van der Waals surface area contributed by atoms with Crippen LogP contribution in [0.5, 0.6) is 6.01 Å². The predicted molar refractivity (Wildman–Crippen MR) is 87.1 cm³/mol. The van der Waals surface area contributed by atoms with Crippen LogP contribution < -0.4 is 4.74 Å². The summed E-state index contributed by atoms with van der Waals surface area (Å²) in [5.41, 5.74) is -0.270. The number of ether oxygens (including phenoxy) is 2. The molecule has 3 heterocycles. The van der Waals surface area contributed by atoms with Crippen molar-refractivity contribution in [2.24, 2.45) is 5.92 Å². The SMILES string of the molecule is O=S(=O)(C1CC1)N1CC2(CC(CCOc3ncccn3)CCO2)C1. The molecule has 0 bridgehead atoms. The molecule has 7 nitrogen and oxygen atoms in total. The van der Waals surface area contributed by atoms with Crippen LogP contribution in [0.2, 0.25) is 0 Å². The van der Waals surface area contributed by atoms with E-state index in [1.165, 1.54) is 0 Å². The van der Waals surface area contributed by atoms with Crippen LogP contribution in [0, 0.1) is 5.92 Å². The van der Waals surface area contributed by atoms with E-state index in [-0.39, 0.29) is 10.9 Å². The third-order valence-electron chi connectivity index (χ3n) is 5.13. The summed E-state index contributed by atoms with van der Waals surface area (Å²) >= 11 is 0. The standard InChI is InChI=1S/C16H23N3O4S/c20-24(21,14-2-3-14)19-11-16(12-19)10-13(5-9-23-16)4-8-22-15-17-6-1-7-18-15/h1,6-7,13-14H,2-5,8-12H2. The van der Waals surface area contributed by atoms with Crippen molar-refractivity contribution in [3.63, 3.8) is 0 Å². The Kier molecular flexibility index (Phi) is 4.22. The molecule has 1 unspecified atom stereocenters. The van der Waals surface area contributed by atoms with E-state index in [2.05, 4.69) is 9.97 Å². The highest BCUT2D eigenvalue weighted by molar-refractivity contribution is 7.90. The first-order valence-electron chi connectivity index (χ1n) is 8.60. The Bertz CT molecular complexity index is 672. The number of hydrogen-bond acceptors (Lipinski definition) is 6. The fourth-order valence-corrected chi connectivity index (χ4v) is 5.61. The first-order valence-corrected chi connectivity index (χ1v) is 10.1. The Morgan fingerprint density at radius 1 is 1.25 bits per heavy atom. The van der Waals surface area contributed by atoms with Crippen molar-refractivity contribution in [3.05, 3.63) is 18.5 Å². The summed E-state index contributed by atoms with van der Waals surface area (Å²) < 4.78 is 37.6. The topological polar surface area (TPSA) is 81.6 Å². The number of hydrogen-bond donors (Lipinski definition) is 0. The van der Waals surface area contributed by atoms with Crippen LogP contribution in [-0.4, -0.2) is 59.8 Å². The molecule has 0 aromatic carbocycles. The molecular formula is C16H23N3O4S. The van der Waals surface area contributed by atoms with Gasteiger partial charge in [-0.05, 0) is 44.1 Å². The van der Waals surface area contributed by atoms with E-state index in [9.17, 15) is 8.42 Å². The fraction of sp³-hybridized carbons (Fsp3) is 0.750. The highest BCUT2D eigenvalue weighted by Crippen LogP contribution is 2.42. The Morgan fingerprint density at radius 2 is 2.00 bits per heavy atom. The lowest BCUT2D eigenvalue weighted by Gasteiger charge is -2.52. The summed E-state index contributed by atoms with van der Waals surface area (Å²) in [6, 6.07) is 2.16. The van der Waals surface area contributed by atoms with E-state index in [4.69, 9.17) is 9.47 Å². The largest absolute Gasteiger partial charge is 0.463 e. The van der Waals surface area contributed by atoms with Gasteiger partial charge in [0.2, 0.25) is 10.0 Å². The van der Waals surface area contributed by atoms with Crippen molar-refractivity contribution in [1.29, 1.82) is 0 Å². The monoisotopic (exact) mass is 353 g/mol. The van der Waals surface area contributed by atoms with E-state index in [1.807, 2.05) is 0 Å². The van der Waals surface area contributed by atoms with Gasteiger partial charge in [0.05, 0.1) is 17.5 Å². The molecule has 2 saturated heterocycles. The Hall–Kier alpha value is -1.25. The molecule has 1 atom stereocenters. The Balaban J connectivity index is 1.26. The summed E-state index contributed by atoms with van der Waals surface area (Å²) in [6.07, 6.45) is 7.77. The minimum Gasteiger partial charge on any atom is -0.463 e. The minimum atomic E-state index is -3.06. The van der Waals surface area contributed by atoms with Gasteiger partial charge in [0, 0.05) is 32.1 Å². The van der Waals surface area contributed by atoms with Gasteiger partial charge in [0.1, 0.15) is 0 Å². The molecule has 1 aromatic heterocycles. The maximum absolute atomic E-state index is 12.2. The molecule has 3 aliphatic rings. The van der Waals surface area contributed by atoms with E-state index in [0.29, 0.717) is 38.2 Å². The molecule has 8 heteroatoms. The smallest absolute Gasteiger partial charge is 0.316 e. The lowest BCUT2D eigenvalue weighted by atomic mass is 9.80. The molecule has 24 heavy (non-hydrogen) atoms. The van der Waals surface area contributed by atoms with Crippen LogP contribution in [0.1, 0.15) is 32.1 Å². The number of rotatable bonds is 6. The predicted octanol–water partition coefficient (Wildman–Crippen LogP) is 1.22. The quantitative estimate of drug-likeness (QED) is 0.765. The zero-order valence-corrected chi connectivity index (χ0v) is 14.5. The molecule has 0 N–H and O–H groups in total. The lowest BCUT2D eigenvalue weighted by Crippen LogP contribution is -2.66. The van der Waals surface area contributed by atoms with Gasteiger partial charge < -0.3 is 9.47 Å². The van der Waals surface area contributed by atoms with E-state index >= 15 is 0 Å². The third kappa shape index (κ3) is 3.27. The number of nitrogens with zero attached hydrogens (tertiary/aromatic N) is 3. The van der Waals surface area contributed by atoms with Gasteiger partial charge in [0.15, 0.2) is 0 Å². The molecule has 1 aliphatic carbocycles. The Morgan fingerprint density at radius 3 is 2.71 bits per heavy atom. The third-order valence-corrected chi connectivity index (χ3v) is 7.42. The average Bonchev–Trinajstić information content (AvgIpc) is 3.39. The van der Waals surface area contributed by atoms with Crippen LogP contribution in [0.3, 0.4) is 0 Å². The molecule has 0 radical (unpaired) electrons. The van der Waals surface area contributed by atoms with Crippen molar-refractivity contribution in [3.8, 4) is 6.01 Å². The van der Waals surface area contributed by atoms with Crippen LogP contribution in [0.4, 0.5) is 0 Å². The van der Waals surface area contributed by atoms with Gasteiger partial charge in [-0.1, -0.05) is 0 Å². The summed E-state index contributed by atoms with van der Waals surface area (Å²) in [5.74, 6) is 0.494. The van der Waals surface area contributed by atoms with Gasteiger partial charge in [-0.25, -0.2) is 18.4 Å². The van der Waals surface area contributed by atoms with Crippen LogP contribution in [-0.2, 0) is 14.8 Å². The van der Waals surface area contributed by atoms with E-state index in [0.717, 1.165) is 32.1 Å². The second kappa shape index (κ2) is 6.24. The second-order valence-electron chi connectivity index (χ2n) is 7.07. The molecule has 1 aromatic rings. The summed E-state index contributed by atoms with van der Waals surface area (Å²) in [6.45, 7) is 2.31. The van der Waals surface area contributed by atoms with Crippen molar-refractivity contribution in [2.75, 3.05) is 26.3 Å². The average molecular weight is 353 g/mol. The van der Waals surface area contributed by atoms with Crippen LogP contribution >= 0.6 is 0 Å². The number of aromatic nitrogens is 2. The van der Waals surface area contributed by atoms with Crippen LogP contribution in [0.25, 0.3) is 0 Å². The normalized spacial score (nSPS) is 26.9. The minimum absolute atomic E-state index is 0.131. The number of sulfonamides is 1. The van der Waals surface area contributed by atoms with E-state index in [1.54, 1.807) is 22.8 Å². The summed E-state index contributed by atoms with van der Waals surface area (Å²) in [5, 5.41) is -0.131. The maximum Gasteiger partial charge on any atom is 0.316 e. The van der Waals surface area contributed by atoms with Gasteiger partial charge in [-0.15, -0.1) is 0 Å². The van der Waals surface area contributed by atoms with Crippen molar-refractivity contribution >= 4 is 10.0 Å². The first-order chi connectivity index (χ1) is 11.6. The molecule has 1 saturated carbocycles. The van der Waals surface area contributed by atoms with Gasteiger partial charge in [0.25, 0.3) is 0 Å². The maximum atomic E-state index is 12.2. The highest BCUT2D eigenvalue weighted by Gasteiger charge is 2.54. The van der Waals surface area contributed by atoms with Crippen molar-refractivity contribution in [2.45, 2.75) is 43.0 Å². The summed E-state index contributed by atoms with van der Waals surface area (Å²) in [7, 11) is -3.06. The molecule has 2 aliphatic heterocycles. The molecule has 1 spiro atoms. The highest BCUT2D eigenvalue weighted by atomic mass is 32.2. The molecule has 0 amide bonds. The van der Waals surface area contributed by atoms with Crippen molar-refractivity contribution in [1.82, 2.24) is 14.3 Å². The van der Waals surface area contributed by atoms with E-state index < -0.39 is 10.0 Å². The van der Waals surface area contributed by atoms with Gasteiger partial charge in [-0.2, -0.15) is 4.31 Å². The Labute approximate surface area is 142 Å². The lowest BCUT2D eigenvalue weighted by molar-refractivity contribution is -0.157. The van der Waals surface area contributed by atoms with Gasteiger partial charge in [-0.3, -0.25) is 0 Å². The van der Waals surface area contributed by atoms with Crippen molar-refractivity contribution < 1.29 is 17.9 Å². The fourth-order valence-electron chi connectivity index (χ4n) is 3.63. The molecule has 132 valence electrons. The zero-order chi connectivity index (χ0) is 16.6. The zero-order valence-electron chi connectivity index (χ0n) is 13.6. The van der Waals surface area contributed by atoms with Crippen LogP contribution in [0.15, 0.2) is 18.5 Å². The summed E-state index contributed by atoms with van der Waals surface area (Å²) in [4.78, 5) is 8.09. The molecule has 4 rings (SSSR count). The second-order valence-corrected chi connectivity index (χ2v) is 9.28. The molecular weight excluding hydrogens is 330 g/mol.